The van der Waals surface area contributed by atoms with Gasteiger partial charge in [0.25, 0.3) is 0 Å². The number of anilines is 1. The number of hydrogen-bond donors (Lipinski definition) is 3. The van der Waals surface area contributed by atoms with Crippen LogP contribution in [0.3, 0.4) is 0 Å². The van der Waals surface area contributed by atoms with Crippen molar-refractivity contribution < 1.29 is 9.59 Å². The number of hydrogen-bond acceptors (Lipinski definition) is 3. The van der Waals surface area contributed by atoms with Crippen molar-refractivity contribution in [1.29, 1.82) is 0 Å². The average molecular weight is 346 g/mol. The van der Waals surface area contributed by atoms with E-state index in [0.717, 1.165) is 55.7 Å². The third-order valence-corrected chi connectivity index (χ3v) is 4.58. The summed E-state index contributed by atoms with van der Waals surface area (Å²) in [4.78, 5) is 26.2. The van der Waals surface area contributed by atoms with Gasteiger partial charge in [-0.2, -0.15) is 0 Å². The van der Waals surface area contributed by atoms with Crippen LogP contribution < -0.4 is 16.0 Å². The summed E-state index contributed by atoms with van der Waals surface area (Å²) in [6.07, 6.45) is 2.68. The molecule has 1 fully saturated rings. The Morgan fingerprint density at radius 1 is 1.16 bits per heavy atom. The molecule has 1 aromatic carbocycles. The Labute approximate surface area is 150 Å². The molecule has 0 aliphatic carbocycles. The maximum Gasteiger partial charge on any atom is 0.319 e. The Bertz CT molecular complexity index is 575. The first-order chi connectivity index (χ1) is 12.0. The second-order valence-corrected chi connectivity index (χ2v) is 6.77. The average Bonchev–Trinajstić information content (AvgIpc) is 2.58. The Balaban J connectivity index is 1.74. The number of carbonyl (C=O) groups is 2. The van der Waals surface area contributed by atoms with E-state index in [9.17, 15) is 9.59 Å². The van der Waals surface area contributed by atoms with Crippen molar-refractivity contribution in [2.75, 3.05) is 31.5 Å². The summed E-state index contributed by atoms with van der Waals surface area (Å²) < 4.78 is 0. The molecule has 25 heavy (non-hydrogen) atoms. The van der Waals surface area contributed by atoms with Crippen molar-refractivity contribution >= 4 is 17.6 Å². The van der Waals surface area contributed by atoms with Crippen LogP contribution in [0.4, 0.5) is 10.5 Å². The van der Waals surface area contributed by atoms with Crippen LogP contribution in [0.1, 0.15) is 37.3 Å². The summed E-state index contributed by atoms with van der Waals surface area (Å²) in [6.45, 7) is 8.86. The van der Waals surface area contributed by atoms with E-state index in [1.165, 1.54) is 0 Å². The fraction of sp³-hybridized carbons (Fsp3) is 0.579. The second-order valence-electron chi connectivity index (χ2n) is 6.77. The predicted molar refractivity (Wildman–Crippen MR) is 101 cm³/mol. The largest absolute Gasteiger partial charge is 0.355 e. The Hall–Kier alpha value is -2.08. The zero-order chi connectivity index (χ0) is 18.2. The molecule has 0 atom stereocenters. The number of likely N-dealkylation sites (tertiary alicyclic amines) is 1. The number of urea groups is 1. The van der Waals surface area contributed by atoms with Crippen LogP contribution >= 0.6 is 0 Å². The number of rotatable bonds is 6. The molecule has 0 spiro atoms. The van der Waals surface area contributed by atoms with Crippen LogP contribution in [0.15, 0.2) is 18.2 Å². The first kappa shape index (κ1) is 19.2. The summed E-state index contributed by atoms with van der Waals surface area (Å²) in [7, 11) is 0. The molecule has 1 heterocycles. The molecule has 2 rings (SSSR count). The van der Waals surface area contributed by atoms with Crippen LogP contribution in [-0.4, -0.2) is 49.1 Å². The number of carbonyl (C=O) groups excluding carboxylic acids is 2. The molecule has 0 bridgehead atoms. The van der Waals surface area contributed by atoms with Crippen LogP contribution in [0.5, 0.6) is 0 Å². The lowest BCUT2D eigenvalue weighted by molar-refractivity contribution is -0.122. The molecule has 6 nitrogen and oxygen atoms in total. The molecule has 3 amide bonds. The summed E-state index contributed by atoms with van der Waals surface area (Å²) in [5.74, 6) is 0.0843. The minimum atomic E-state index is -0.156. The molecule has 3 N–H and O–H groups in total. The molecule has 138 valence electrons. The molecular formula is C19H30N4O2. The molecule has 1 aliphatic heterocycles. The first-order valence-corrected chi connectivity index (χ1v) is 9.12. The minimum absolute atomic E-state index is 0.0843. The molecular weight excluding hydrogens is 316 g/mol. The van der Waals surface area contributed by atoms with Crippen molar-refractivity contribution in [3.8, 4) is 0 Å². The lowest BCUT2D eigenvalue weighted by Crippen LogP contribution is -2.48. The highest BCUT2D eigenvalue weighted by Crippen LogP contribution is 2.19. The standard InChI is InChI=1S/C19H30N4O2/c1-4-10-20-17(24)13-23-11-8-16(9-12-23)21-19(25)22-18-14(2)6-5-7-15(18)3/h5-7,16H,4,8-13H2,1-3H3,(H,20,24)(H2,21,22,25). The highest BCUT2D eigenvalue weighted by molar-refractivity contribution is 5.91. The fourth-order valence-corrected chi connectivity index (χ4v) is 3.11. The number of piperidine rings is 1. The third-order valence-electron chi connectivity index (χ3n) is 4.58. The van der Waals surface area contributed by atoms with Gasteiger partial charge < -0.3 is 16.0 Å². The van der Waals surface area contributed by atoms with Crippen molar-refractivity contribution in [2.24, 2.45) is 0 Å². The molecule has 6 heteroatoms. The van der Waals surface area contributed by atoms with E-state index in [1.54, 1.807) is 0 Å². The third kappa shape index (κ3) is 6.05. The second kappa shape index (κ2) is 9.42. The molecule has 0 saturated carbocycles. The Morgan fingerprint density at radius 3 is 2.40 bits per heavy atom. The Morgan fingerprint density at radius 2 is 1.80 bits per heavy atom. The van der Waals surface area contributed by atoms with E-state index in [-0.39, 0.29) is 18.0 Å². The van der Waals surface area contributed by atoms with Gasteiger partial charge in [0, 0.05) is 31.4 Å². The molecule has 1 aliphatic rings. The SMILES string of the molecule is CCCNC(=O)CN1CCC(NC(=O)Nc2c(C)cccc2C)CC1. The van der Waals surface area contributed by atoms with E-state index in [1.807, 2.05) is 39.0 Å². The topological polar surface area (TPSA) is 73.5 Å². The van der Waals surface area contributed by atoms with Gasteiger partial charge >= 0.3 is 6.03 Å². The zero-order valence-electron chi connectivity index (χ0n) is 15.5. The predicted octanol–water partition coefficient (Wildman–Crippen LogP) is 2.42. The van der Waals surface area contributed by atoms with Crippen LogP contribution in [-0.2, 0) is 4.79 Å². The van der Waals surface area contributed by atoms with E-state index >= 15 is 0 Å². The molecule has 1 aromatic rings. The van der Waals surface area contributed by atoms with Crippen LogP contribution in [0.25, 0.3) is 0 Å². The van der Waals surface area contributed by atoms with Gasteiger partial charge in [0.2, 0.25) is 5.91 Å². The summed E-state index contributed by atoms with van der Waals surface area (Å²) in [6, 6.07) is 5.96. The van der Waals surface area contributed by atoms with E-state index < -0.39 is 0 Å². The summed E-state index contributed by atoms with van der Waals surface area (Å²) >= 11 is 0. The van der Waals surface area contributed by atoms with Crippen molar-refractivity contribution in [1.82, 2.24) is 15.5 Å². The maximum atomic E-state index is 12.3. The van der Waals surface area contributed by atoms with Gasteiger partial charge in [-0.05, 0) is 44.2 Å². The van der Waals surface area contributed by atoms with Gasteiger partial charge in [0.1, 0.15) is 0 Å². The van der Waals surface area contributed by atoms with Gasteiger partial charge in [0.15, 0.2) is 0 Å². The number of nitrogens with zero attached hydrogens (tertiary/aromatic N) is 1. The van der Waals surface area contributed by atoms with E-state index in [0.29, 0.717) is 6.54 Å². The Kier molecular flexibility index (Phi) is 7.25. The van der Waals surface area contributed by atoms with Gasteiger partial charge in [-0.25, -0.2) is 4.79 Å². The lowest BCUT2D eigenvalue weighted by Gasteiger charge is -2.31. The monoisotopic (exact) mass is 346 g/mol. The summed E-state index contributed by atoms with van der Waals surface area (Å²) in [5, 5.41) is 8.92. The highest BCUT2D eigenvalue weighted by Gasteiger charge is 2.22. The highest BCUT2D eigenvalue weighted by atomic mass is 16.2. The lowest BCUT2D eigenvalue weighted by atomic mass is 10.1. The fourth-order valence-electron chi connectivity index (χ4n) is 3.11. The van der Waals surface area contributed by atoms with Crippen molar-refractivity contribution in [3.63, 3.8) is 0 Å². The molecule has 0 radical (unpaired) electrons. The number of aryl methyl sites for hydroxylation is 2. The first-order valence-electron chi connectivity index (χ1n) is 9.12. The zero-order valence-corrected chi connectivity index (χ0v) is 15.5. The van der Waals surface area contributed by atoms with E-state index in [2.05, 4.69) is 20.9 Å². The minimum Gasteiger partial charge on any atom is -0.355 e. The number of benzene rings is 1. The smallest absolute Gasteiger partial charge is 0.319 e. The number of nitrogens with one attached hydrogen (secondary N) is 3. The number of para-hydroxylation sites is 1. The van der Waals surface area contributed by atoms with Gasteiger partial charge in [-0.3, -0.25) is 9.69 Å². The van der Waals surface area contributed by atoms with Gasteiger partial charge in [0.05, 0.1) is 6.54 Å². The normalized spacial score (nSPS) is 15.6. The van der Waals surface area contributed by atoms with Crippen LogP contribution in [0, 0.1) is 13.8 Å². The van der Waals surface area contributed by atoms with Gasteiger partial charge in [-0.1, -0.05) is 25.1 Å². The van der Waals surface area contributed by atoms with Crippen LogP contribution in [0.2, 0.25) is 0 Å². The maximum absolute atomic E-state index is 12.3. The van der Waals surface area contributed by atoms with Crippen molar-refractivity contribution in [2.45, 2.75) is 46.1 Å². The van der Waals surface area contributed by atoms with E-state index in [4.69, 9.17) is 0 Å². The molecule has 0 aromatic heterocycles. The summed E-state index contributed by atoms with van der Waals surface area (Å²) in [5.41, 5.74) is 3.00. The number of amides is 3. The molecule has 1 saturated heterocycles. The van der Waals surface area contributed by atoms with Gasteiger partial charge in [-0.15, -0.1) is 0 Å². The van der Waals surface area contributed by atoms with Crippen molar-refractivity contribution in [3.05, 3.63) is 29.3 Å². The quantitative estimate of drug-likeness (QED) is 0.741. The molecule has 0 unspecified atom stereocenters.